The van der Waals surface area contributed by atoms with Crippen molar-refractivity contribution in [3.05, 3.63) is 78.5 Å². The summed E-state index contributed by atoms with van der Waals surface area (Å²) < 4.78 is 7.24. The molecule has 1 amide bonds. The summed E-state index contributed by atoms with van der Waals surface area (Å²) in [5, 5.41) is 2.92. The number of ketones is 2. The Morgan fingerprint density at radius 1 is 0.974 bits per heavy atom. The second kappa shape index (κ2) is 11.4. The minimum absolute atomic E-state index is 0.125. The number of rotatable bonds is 6. The molecule has 2 aliphatic carbocycles. The number of nitrogens with one attached hydrogen (secondary N) is 1. The Bertz CT molecular complexity index is 1380. The molecule has 6 nitrogen and oxygen atoms in total. The van der Waals surface area contributed by atoms with Crippen LogP contribution in [0.2, 0.25) is 0 Å². The normalized spacial score (nSPS) is 17.8. The molecule has 0 spiro atoms. The van der Waals surface area contributed by atoms with Crippen LogP contribution in [0.5, 0.6) is 5.75 Å². The molecular formula is C31H32Br2N2O4. The molecule has 0 saturated heterocycles. The molecule has 2 aromatic carbocycles. The van der Waals surface area contributed by atoms with Gasteiger partial charge in [-0.1, -0.05) is 12.1 Å². The number of amides is 1. The maximum absolute atomic E-state index is 13.4. The Kier molecular flexibility index (Phi) is 8.15. The largest absolute Gasteiger partial charge is 0.481 e. The van der Waals surface area contributed by atoms with Crippen LogP contribution in [0.1, 0.15) is 68.1 Å². The summed E-state index contributed by atoms with van der Waals surface area (Å²) in [7, 11) is 0. The minimum atomic E-state index is -0.396. The molecule has 39 heavy (non-hydrogen) atoms. The predicted octanol–water partition coefficient (Wildman–Crippen LogP) is 7.28. The van der Waals surface area contributed by atoms with Gasteiger partial charge in [0.05, 0.1) is 8.95 Å². The van der Waals surface area contributed by atoms with Crippen molar-refractivity contribution in [1.82, 2.24) is 4.90 Å². The van der Waals surface area contributed by atoms with Crippen LogP contribution in [-0.2, 0) is 14.4 Å². The van der Waals surface area contributed by atoms with E-state index in [1.165, 1.54) is 0 Å². The number of allylic oxidation sites excluding steroid dienone is 4. The number of carbonyl (C=O) groups excluding carboxylic acids is 3. The van der Waals surface area contributed by atoms with E-state index in [2.05, 4.69) is 49.0 Å². The van der Waals surface area contributed by atoms with E-state index in [1.807, 2.05) is 44.2 Å². The Hall–Kier alpha value is -2.71. The summed E-state index contributed by atoms with van der Waals surface area (Å²) in [6, 6.07) is 9.63. The molecule has 5 rings (SSSR count). The number of carbonyl (C=O) groups is 3. The van der Waals surface area contributed by atoms with E-state index in [0.717, 1.165) is 77.1 Å². The number of Topliss-reactive ketones (excluding diaryl/α,β-unsaturated/α-hetero) is 2. The molecule has 204 valence electrons. The smallest absolute Gasteiger partial charge is 0.262 e. The summed E-state index contributed by atoms with van der Waals surface area (Å²) in [6.07, 6.45) is 4.36. The molecule has 0 fully saturated rings. The van der Waals surface area contributed by atoms with Crippen molar-refractivity contribution in [2.24, 2.45) is 0 Å². The van der Waals surface area contributed by atoms with Gasteiger partial charge >= 0.3 is 0 Å². The summed E-state index contributed by atoms with van der Waals surface area (Å²) in [6.45, 7) is 6.64. The third kappa shape index (κ3) is 5.25. The third-order valence-corrected chi connectivity index (χ3v) is 9.16. The van der Waals surface area contributed by atoms with Gasteiger partial charge in [-0.05, 0) is 113 Å². The number of hydrogen-bond donors (Lipinski definition) is 1. The van der Waals surface area contributed by atoms with Gasteiger partial charge in [-0.3, -0.25) is 14.4 Å². The number of hydrogen-bond acceptors (Lipinski definition) is 5. The Labute approximate surface area is 246 Å². The molecule has 3 aliphatic rings. The number of benzene rings is 2. The fourth-order valence-electron chi connectivity index (χ4n) is 6.03. The third-order valence-electron chi connectivity index (χ3n) is 7.98. The van der Waals surface area contributed by atoms with Gasteiger partial charge in [-0.25, -0.2) is 0 Å². The van der Waals surface area contributed by atoms with Crippen molar-refractivity contribution < 1.29 is 19.1 Å². The maximum atomic E-state index is 13.4. The number of nitrogens with zero attached hydrogens (tertiary/aromatic N) is 1. The highest BCUT2D eigenvalue weighted by Gasteiger charge is 2.43. The van der Waals surface area contributed by atoms with Crippen molar-refractivity contribution in [2.45, 2.75) is 65.2 Å². The molecule has 0 aromatic heterocycles. The van der Waals surface area contributed by atoms with Crippen molar-refractivity contribution in [3.8, 4) is 5.75 Å². The lowest BCUT2D eigenvalue weighted by Gasteiger charge is -2.43. The molecule has 0 atom stereocenters. The highest BCUT2D eigenvalue weighted by molar-refractivity contribution is 9.11. The van der Waals surface area contributed by atoms with E-state index in [1.54, 1.807) is 0 Å². The van der Waals surface area contributed by atoms with E-state index < -0.39 is 5.92 Å². The Balaban J connectivity index is 1.46. The average Bonchev–Trinajstić information content (AvgIpc) is 2.90. The molecule has 1 heterocycles. The first kappa shape index (κ1) is 27.8. The van der Waals surface area contributed by atoms with Crippen LogP contribution < -0.4 is 10.1 Å². The lowest BCUT2D eigenvalue weighted by molar-refractivity contribution is -0.118. The standard InChI is InChI=1S/C31H32Br2N2O4/c1-4-35-23-10-6-12-25(36)29(23)28(30-24(35)11-7-13-26(30)37)19-14-20(32)31(21(33)15-19)39-16-27(38)34-22-9-5-8-17(2)18(22)3/h5,8-9,14-15,28H,4,6-7,10-13,16H2,1-3H3,(H,34,38). The zero-order valence-corrected chi connectivity index (χ0v) is 25.6. The Morgan fingerprint density at radius 2 is 1.56 bits per heavy atom. The molecule has 0 saturated carbocycles. The second-order valence-electron chi connectivity index (χ2n) is 10.3. The van der Waals surface area contributed by atoms with Gasteiger partial charge in [0, 0.05) is 53.5 Å². The lowest BCUT2D eigenvalue weighted by atomic mass is 9.71. The summed E-state index contributed by atoms with van der Waals surface area (Å²) in [5.41, 5.74) is 7.41. The second-order valence-corrected chi connectivity index (χ2v) is 12.1. The predicted molar refractivity (Wildman–Crippen MR) is 159 cm³/mol. The fourth-order valence-corrected chi connectivity index (χ4v) is 7.48. The van der Waals surface area contributed by atoms with Crippen LogP contribution in [0.4, 0.5) is 5.69 Å². The van der Waals surface area contributed by atoms with Gasteiger partial charge in [0.2, 0.25) is 0 Å². The van der Waals surface area contributed by atoms with Crippen molar-refractivity contribution in [3.63, 3.8) is 0 Å². The van der Waals surface area contributed by atoms with Gasteiger partial charge in [0.1, 0.15) is 5.75 Å². The van der Waals surface area contributed by atoms with Gasteiger partial charge in [-0.2, -0.15) is 0 Å². The molecular weight excluding hydrogens is 624 g/mol. The highest BCUT2D eigenvalue weighted by atomic mass is 79.9. The topological polar surface area (TPSA) is 75.7 Å². The van der Waals surface area contributed by atoms with Crippen LogP contribution in [0.25, 0.3) is 0 Å². The summed E-state index contributed by atoms with van der Waals surface area (Å²) in [4.78, 5) is 41.6. The molecule has 0 unspecified atom stereocenters. The summed E-state index contributed by atoms with van der Waals surface area (Å²) in [5.74, 6) is 0.0891. The summed E-state index contributed by atoms with van der Waals surface area (Å²) >= 11 is 7.27. The molecule has 2 aromatic rings. The van der Waals surface area contributed by atoms with E-state index in [0.29, 0.717) is 27.5 Å². The van der Waals surface area contributed by atoms with Gasteiger partial charge in [-0.15, -0.1) is 0 Å². The van der Waals surface area contributed by atoms with Gasteiger partial charge < -0.3 is 15.0 Å². The number of halogens is 2. The van der Waals surface area contributed by atoms with Crippen molar-refractivity contribution in [2.75, 3.05) is 18.5 Å². The molecule has 1 aliphatic heterocycles. The number of aryl methyl sites for hydroxylation is 1. The molecule has 0 bridgehead atoms. The quantitative estimate of drug-likeness (QED) is 0.354. The monoisotopic (exact) mass is 654 g/mol. The first-order valence-corrected chi connectivity index (χ1v) is 15.1. The average molecular weight is 656 g/mol. The van der Waals surface area contributed by atoms with Crippen molar-refractivity contribution >= 4 is 55.0 Å². The Morgan fingerprint density at radius 3 is 2.13 bits per heavy atom. The molecule has 1 N–H and O–H groups in total. The molecule has 0 radical (unpaired) electrons. The van der Waals surface area contributed by atoms with Crippen molar-refractivity contribution in [1.29, 1.82) is 0 Å². The first-order chi connectivity index (χ1) is 18.7. The fraction of sp³-hybridized carbons (Fsp3) is 0.387. The zero-order valence-electron chi connectivity index (χ0n) is 22.5. The van der Waals surface area contributed by atoms with E-state index in [9.17, 15) is 14.4 Å². The zero-order chi connectivity index (χ0) is 27.8. The first-order valence-electron chi connectivity index (χ1n) is 13.5. The van der Waals surface area contributed by atoms with Crippen LogP contribution in [0, 0.1) is 13.8 Å². The number of ether oxygens (including phenoxy) is 1. The highest BCUT2D eigenvalue weighted by Crippen LogP contribution is 2.50. The van der Waals surface area contributed by atoms with Crippen LogP contribution in [-0.4, -0.2) is 35.5 Å². The molecule has 8 heteroatoms. The minimum Gasteiger partial charge on any atom is -0.481 e. The van der Waals surface area contributed by atoms with Gasteiger partial charge in [0.15, 0.2) is 18.2 Å². The van der Waals surface area contributed by atoms with Gasteiger partial charge in [0.25, 0.3) is 5.91 Å². The number of anilines is 1. The van der Waals surface area contributed by atoms with Crippen LogP contribution in [0.3, 0.4) is 0 Å². The van der Waals surface area contributed by atoms with E-state index in [-0.39, 0.29) is 24.1 Å². The maximum Gasteiger partial charge on any atom is 0.262 e. The van der Waals surface area contributed by atoms with E-state index >= 15 is 0 Å². The van der Waals surface area contributed by atoms with Crippen LogP contribution in [0.15, 0.2) is 61.8 Å². The lowest BCUT2D eigenvalue weighted by Crippen LogP contribution is -2.39. The van der Waals surface area contributed by atoms with Crippen LogP contribution >= 0.6 is 31.9 Å². The van der Waals surface area contributed by atoms with E-state index in [4.69, 9.17) is 4.74 Å². The SMILES string of the molecule is CCN1C2=C(C(=O)CCC2)C(c2cc(Br)c(OCC(=O)Nc3cccc(C)c3C)c(Br)c2)C2=C1CCCC2=O.